The molecule has 1 aromatic rings. The molecule has 2 N–H and O–H groups in total. The van der Waals surface area contributed by atoms with Gasteiger partial charge in [0.25, 0.3) is 0 Å². The van der Waals surface area contributed by atoms with Gasteiger partial charge in [-0.15, -0.1) is 0 Å². The van der Waals surface area contributed by atoms with E-state index in [-0.39, 0.29) is 17.3 Å². The maximum Gasteiger partial charge on any atom is 0.413 e. The van der Waals surface area contributed by atoms with Crippen LogP contribution in [0.25, 0.3) is 0 Å². The minimum absolute atomic E-state index is 0.213. The maximum absolute atomic E-state index is 11.3. The zero-order valence-electron chi connectivity index (χ0n) is 13.7. The molecule has 2 atom stereocenters. The first-order valence-electron chi connectivity index (χ1n) is 7.73. The van der Waals surface area contributed by atoms with E-state index < -0.39 is 6.09 Å². The SMILES string of the molecule is CCOC(=O)NC(=S)Nc1ccc(N2CC(C)OC(C)C2)cc1. The minimum Gasteiger partial charge on any atom is -0.450 e. The van der Waals surface area contributed by atoms with Crippen LogP contribution in [0, 0.1) is 0 Å². The lowest BCUT2D eigenvalue weighted by Crippen LogP contribution is -2.45. The van der Waals surface area contributed by atoms with Crippen molar-refractivity contribution in [3.05, 3.63) is 24.3 Å². The van der Waals surface area contributed by atoms with Crippen LogP contribution in [0.4, 0.5) is 16.2 Å². The average Bonchev–Trinajstić information content (AvgIpc) is 2.47. The van der Waals surface area contributed by atoms with Gasteiger partial charge < -0.3 is 19.7 Å². The first-order chi connectivity index (χ1) is 11.0. The summed E-state index contributed by atoms with van der Waals surface area (Å²) in [5.74, 6) is 0. The number of anilines is 2. The highest BCUT2D eigenvalue weighted by Gasteiger charge is 2.22. The largest absolute Gasteiger partial charge is 0.450 e. The first kappa shape index (κ1) is 17.5. The Kier molecular flexibility index (Phi) is 6.18. The van der Waals surface area contributed by atoms with Gasteiger partial charge in [0, 0.05) is 24.5 Å². The Morgan fingerprint density at radius 3 is 2.48 bits per heavy atom. The maximum atomic E-state index is 11.3. The zero-order chi connectivity index (χ0) is 16.8. The van der Waals surface area contributed by atoms with Crippen LogP contribution in [-0.2, 0) is 9.47 Å². The number of morpholine rings is 1. The molecule has 0 aromatic heterocycles. The third-order valence-electron chi connectivity index (χ3n) is 3.40. The molecule has 1 heterocycles. The van der Waals surface area contributed by atoms with Gasteiger partial charge in [0.2, 0.25) is 0 Å². The summed E-state index contributed by atoms with van der Waals surface area (Å²) >= 11 is 5.07. The van der Waals surface area contributed by atoms with E-state index in [1.807, 2.05) is 24.3 Å². The fourth-order valence-electron chi connectivity index (χ4n) is 2.57. The molecule has 0 spiro atoms. The second kappa shape index (κ2) is 8.12. The second-order valence-corrected chi connectivity index (χ2v) is 5.92. The summed E-state index contributed by atoms with van der Waals surface area (Å²) in [6.07, 6.45) is -0.117. The zero-order valence-corrected chi connectivity index (χ0v) is 14.5. The molecule has 1 aliphatic rings. The molecule has 0 aliphatic carbocycles. The average molecular weight is 337 g/mol. The van der Waals surface area contributed by atoms with Crippen LogP contribution < -0.4 is 15.5 Å². The van der Waals surface area contributed by atoms with Crippen molar-refractivity contribution in [1.82, 2.24) is 5.32 Å². The third kappa shape index (κ3) is 5.37. The molecule has 1 aliphatic heterocycles. The summed E-state index contributed by atoms with van der Waals surface area (Å²) in [4.78, 5) is 13.6. The van der Waals surface area contributed by atoms with Crippen LogP contribution in [0.3, 0.4) is 0 Å². The van der Waals surface area contributed by atoms with Crippen molar-refractivity contribution in [2.24, 2.45) is 0 Å². The molecule has 7 heteroatoms. The number of rotatable bonds is 3. The van der Waals surface area contributed by atoms with Crippen molar-refractivity contribution < 1.29 is 14.3 Å². The molecule has 1 amide bonds. The number of hydrogen-bond acceptors (Lipinski definition) is 5. The van der Waals surface area contributed by atoms with Crippen LogP contribution in [0.15, 0.2) is 24.3 Å². The number of nitrogens with one attached hydrogen (secondary N) is 2. The summed E-state index contributed by atoms with van der Waals surface area (Å²) in [5.41, 5.74) is 1.95. The van der Waals surface area contributed by atoms with E-state index in [0.717, 1.165) is 24.5 Å². The Morgan fingerprint density at radius 2 is 1.91 bits per heavy atom. The van der Waals surface area contributed by atoms with Crippen molar-refractivity contribution in [3.63, 3.8) is 0 Å². The highest BCUT2D eigenvalue weighted by Crippen LogP contribution is 2.22. The number of hydrogen-bond donors (Lipinski definition) is 2. The van der Waals surface area contributed by atoms with Crippen LogP contribution in [0.2, 0.25) is 0 Å². The minimum atomic E-state index is -0.557. The van der Waals surface area contributed by atoms with E-state index in [2.05, 4.69) is 29.4 Å². The molecule has 0 saturated carbocycles. The van der Waals surface area contributed by atoms with Crippen molar-refractivity contribution in [2.45, 2.75) is 33.0 Å². The molecule has 0 bridgehead atoms. The molecule has 23 heavy (non-hydrogen) atoms. The molecule has 0 radical (unpaired) electrons. The Bertz CT molecular complexity index is 540. The van der Waals surface area contributed by atoms with Crippen molar-refractivity contribution in [1.29, 1.82) is 0 Å². The standard InChI is InChI=1S/C16H23N3O3S/c1-4-21-16(20)18-15(23)17-13-5-7-14(8-6-13)19-9-11(2)22-12(3)10-19/h5-8,11-12H,4,9-10H2,1-3H3,(H2,17,18,20,23). The molecule has 1 saturated heterocycles. The predicted molar refractivity (Wildman–Crippen MR) is 95.0 cm³/mol. The van der Waals surface area contributed by atoms with Gasteiger partial charge in [-0.2, -0.15) is 0 Å². The highest BCUT2D eigenvalue weighted by molar-refractivity contribution is 7.80. The fraction of sp³-hybridized carbons (Fsp3) is 0.500. The Hall–Kier alpha value is -1.86. The summed E-state index contributed by atoms with van der Waals surface area (Å²) in [6, 6.07) is 7.92. The molecular formula is C16H23N3O3S. The van der Waals surface area contributed by atoms with E-state index in [4.69, 9.17) is 21.7 Å². The quantitative estimate of drug-likeness (QED) is 0.827. The number of amides is 1. The molecule has 126 valence electrons. The fourth-order valence-corrected chi connectivity index (χ4v) is 2.77. The number of benzene rings is 1. The smallest absolute Gasteiger partial charge is 0.413 e. The second-order valence-electron chi connectivity index (χ2n) is 5.51. The van der Waals surface area contributed by atoms with Gasteiger partial charge in [-0.1, -0.05) is 0 Å². The predicted octanol–water partition coefficient (Wildman–Crippen LogP) is 2.74. The van der Waals surface area contributed by atoms with Gasteiger partial charge in [0.05, 0.1) is 18.8 Å². The van der Waals surface area contributed by atoms with Crippen LogP contribution in [0.1, 0.15) is 20.8 Å². The molecule has 1 aromatic carbocycles. The normalized spacial score (nSPS) is 20.7. The summed E-state index contributed by atoms with van der Waals surface area (Å²) in [7, 11) is 0. The third-order valence-corrected chi connectivity index (χ3v) is 3.61. The lowest BCUT2D eigenvalue weighted by atomic mass is 10.2. The Labute approximate surface area is 142 Å². The molecule has 6 nitrogen and oxygen atoms in total. The van der Waals surface area contributed by atoms with Crippen LogP contribution >= 0.6 is 12.2 Å². The summed E-state index contributed by atoms with van der Waals surface area (Å²) in [6.45, 7) is 7.96. The monoisotopic (exact) mass is 337 g/mol. The van der Waals surface area contributed by atoms with Crippen LogP contribution in [-0.4, -0.2) is 43.1 Å². The van der Waals surface area contributed by atoms with E-state index in [1.54, 1.807) is 6.92 Å². The number of ether oxygens (including phenoxy) is 2. The van der Waals surface area contributed by atoms with Crippen molar-refractivity contribution in [2.75, 3.05) is 29.9 Å². The number of alkyl carbamates (subject to hydrolysis) is 1. The van der Waals surface area contributed by atoms with Crippen LogP contribution in [0.5, 0.6) is 0 Å². The van der Waals surface area contributed by atoms with E-state index in [9.17, 15) is 4.79 Å². The summed E-state index contributed by atoms with van der Waals surface area (Å²) < 4.78 is 10.5. The molecule has 1 fully saturated rings. The first-order valence-corrected chi connectivity index (χ1v) is 8.14. The van der Waals surface area contributed by atoms with Gasteiger partial charge in [-0.05, 0) is 57.3 Å². The van der Waals surface area contributed by atoms with Gasteiger partial charge in [0.15, 0.2) is 5.11 Å². The lowest BCUT2D eigenvalue weighted by Gasteiger charge is -2.36. The number of nitrogens with zero attached hydrogens (tertiary/aromatic N) is 1. The Balaban J connectivity index is 1.91. The van der Waals surface area contributed by atoms with Crippen molar-refractivity contribution >= 4 is 34.8 Å². The van der Waals surface area contributed by atoms with E-state index in [1.165, 1.54) is 0 Å². The van der Waals surface area contributed by atoms with Gasteiger partial charge in [-0.3, -0.25) is 5.32 Å². The molecular weight excluding hydrogens is 314 g/mol. The summed E-state index contributed by atoms with van der Waals surface area (Å²) in [5, 5.41) is 5.62. The van der Waals surface area contributed by atoms with Gasteiger partial charge >= 0.3 is 6.09 Å². The number of carbonyl (C=O) groups is 1. The Morgan fingerprint density at radius 1 is 1.30 bits per heavy atom. The lowest BCUT2D eigenvalue weighted by molar-refractivity contribution is -0.00521. The molecule has 2 unspecified atom stereocenters. The van der Waals surface area contributed by atoms with E-state index in [0.29, 0.717) is 6.61 Å². The molecule has 2 rings (SSSR count). The van der Waals surface area contributed by atoms with Gasteiger partial charge in [0.1, 0.15) is 0 Å². The van der Waals surface area contributed by atoms with Crippen molar-refractivity contribution in [3.8, 4) is 0 Å². The number of thiocarbonyl (C=S) groups is 1. The number of carbonyl (C=O) groups excluding carboxylic acids is 1. The highest BCUT2D eigenvalue weighted by atomic mass is 32.1. The van der Waals surface area contributed by atoms with Gasteiger partial charge in [-0.25, -0.2) is 4.79 Å². The topological polar surface area (TPSA) is 62.8 Å². The van der Waals surface area contributed by atoms with E-state index >= 15 is 0 Å².